The molecular weight excluding hydrogens is 218 g/mol. The van der Waals surface area contributed by atoms with Crippen molar-refractivity contribution in [2.45, 2.75) is 47.0 Å². The number of allylic oxidation sites excluding steroid dienone is 1. The fraction of sp³-hybridized carbons (Fsp3) is 0.529. The lowest BCUT2D eigenvalue weighted by atomic mass is 10.1. The zero-order valence-corrected chi connectivity index (χ0v) is 12.4. The van der Waals surface area contributed by atoms with E-state index < -0.39 is 0 Å². The molecule has 18 heavy (non-hydrogen) atoms. The summed E-state index contributed by atoms with van der Waals surface area (Å²) in [6.07, 6.45) is 5.85. The van der Waals surface area contributed by atoms with Gasteiger partial charge in [0.05, 0.1) is 0 Å². The molecule has 1 aromatic rings. The van der Waals surface area contributed by atoms with Gasteiger partial charge in [0.1, 0.15) is 0 Å². The van der Waals surface area contributed by atoms with Crippen molar-refractivity contribution in [2.24, 2.45) is 0 Å². The van der Waals surface area contributed by atoms with Crippen LogP contribution in [0.2, 0.25) is 0 Å². The lowest BCUT2D eigenvalue weighted by Crippen LogP contribution is -2.24. The van der Waals surface area contributed by atoms with Gasteiger partial charge in [-0.2, -0.15) is 0 Å². The van der Waals surface area contributed by atoms with E-state index >= 15 is 0 Å². The predicted molar refractivity (Wildman–Crippen MR) is 81.6 cm³/mol. The summed E-state index contributed by atoms with van der Waals surface area (Å²) in [4.78, 5) is 2.52. The van der Waals surface area contributed by atoms with Gasteiger partial charge in [0.15, 0.2) is 0 Å². The Balaban J connectivity index is 2.99. The average molecular weight is 245 g/mol. The number of benzene rings is 1. The van der Waals surface area contributed by atoms with E-state index in [1.165, 1.54) is 29.7 Å². The number of nitrogens with zero attached hydrogens (tertiary/aromatic N) is 1. The van der Waals surface area contributed by atoms with Crippen molar-refractivity contribution in [1.29, 1.82) is 0 Å². The Hall–Kier alpha value is -1.24. The summed E-state index contributed by atoms with van der Waals surface area (Å²) in [5, 5.41) is 0. The van der Waals surface area contributed by atoms with E-state index in [0.717, 1.165) is 19.5 Å². The first-order valence-corrected chi connectivity index (χ1v) is 7.25. The third-order valence-electron chi connectivity index (χ3n) is 3.07. The summed E-state index contributed by atoms with van der Waals surface area (Å²) >= 11 is 0. The van der Waals surface area contributed by atoms with Crippen LogP contribution in [0.25, 0.3) is 5.70 Å². The SMILES string of the molecule is CC/C=C(\c1ccc(C)cc1)N(CCC)CCC. The molecule has 0 fully saturated rings. The summed E-state index contributed by atoms with van der Waals surface area (Å²) in [6.45, 7) is 11.1. The lowest BCUT2D eigenvalue weighted by molar-refractivity contribution is 0.395. The smallest absolute Gasteiger partial charge is 0.0399 e. The topological polar surface area (TPSA) is 3.24 Å². The molecule has 0 radical (unpaired) electrons. The van der Waals surface area contributed by atoms with Crippen molar-refractivity contribution in [2.75, 3.05) is 13.1 Å². The molecule has 1 heteroatoms. The molecule has 100 valence electrons. The van der Waals surface area contributed by atoms with Gasteiger partial charge in [-0.3, -0.25) is 0 Å². The Morgan fingerprint density at radius 2 is 1.56 bits per heavy atom. The van der Waals surface area contributed by atoms with Gasteiger partial charge in [0.2, 0.25) is 0 Å². The van der Waals surface area contributed by atoms with Crippen LogP contribution in [-0.4, -0.2) is 18.0 Å². The Morgan fingerprint density at radius 3 is 2.00 bits per heavy atom. The highest BCUT2D eigenvalue weighted by Gasteiger charge is 2.09. The minimum atomic E-state index is 1.09. The molecule has 0 amide bonds. The third-order valence-corrected chi connectivity index (χ3v) is 3.07. The van der Waals surface area contributed by atoms with Crippen molar-refractivity contribution in [3.05, 3.63) is 41.5 Å². The minimum Gasteiger partial charge on any atom is -0.371 e. The zero-order valence-electron chi connectivity index (χ0n) is 12.4. The van der Waals surface area contributed by atoms with Gasteiger partial charge >= 0.3 is 0 Å². The molecule has 0 aliphatic heterocycles. The highest BCUT2D eigenvalue weighted by Crippen LogP contribution is 2.21. The van der Waals surface area contributed by atoms with Gasteiger partial charge in [0.25, 0.3) is 0 Å². The summed E-state index contributed by atoms with van der Waals surface area (Å²) in [7, 11) is 0. The molecule has 0 saturated heterocycles. The van der Waals surface area contributed by atoms with Gasteiger partial charge in [-0.15, -0.1) is 0 Å². The predicted octanol–water partition coefficient (Wildman–Crippen LogP) is 4.87. The van der Waals surface area contributed by atoms with Crippen LogP contribution in [0.15, 0.2) is 30.3 Å². The van der Waals surface area contributed by atoms with Crippen LogP contribution in [0, 0.1) is 6.92 Å². The Labute approximate surface area is 113 Å². The van der Waals surface area contributed by atoms with Crippen LogP contribution in [0.5, 0.6) is 0 Å². The van der Waals surface area contributed by atoms with Crippen molar-refractivity contribution < 1.29 is 0 Å². The minimum absolute atomic E-state index is 1.09. The van der Waals surface area contributed by atoms with Gasteiger partial charge < -0.3 is 4.90 Å². The molecule has 0 aliphatic rings. The van der Waals surface area contributed by atoms with Gasteiger partial charge in [-0.05, 0) is 31.7 Å². The second-order valence-corrected chi connectivity index (χ2v) is 4.85. The van der Waals surface area contributed by atoms with Gasteiger partial charge in [-0.25, -0.2) is 0 Å². The molecule has 0 atom stereocenters. The molecular formula is C17H27N. The van der Waals surface area contributed by atoms with Gasteiger partial charge in [-0.1, -0.05) is 56.7 Å². The number of hydrogen-bond acceptors (Lipinski definition) is 1. The third kappa shape index (κ3) is 4.21. The van der Waals surface area contributed by atoms with Crippen molar-refractivity contribution in [3.63, 3.8) is 0 Å². The molecule has 1 rings (SSSR count). The van der Waals surface area contributed by atoms with Crippen LogP contribution in [0.3, 0.4) is 0 Å². The van der Waals surface area contributed by atoms with E-state index in [2.05, 4.69) is 62.9 Å². The molecule has 1 nitrogen and oxygen atoms in total. The molecule has 0 aliphatic carbocycles. The zero-order chi connectivity index (χ0) is 13.4. The number of rotatable bonds is 7. The first kappa shape index (κ1) is 14.8. The molecule has 0 unspecified atom stereocenters. The van der Waals surface area contributed by atoms with E-state index in [1.54, 1.807) is 0 Å². The monoisotopic (exact) mass is 245 g/mol. The molecule has 0 spiro atoms. The first-order valence-electron chi connectivity index (χ1n) is 7.25. The second-order valence-electron chi connectivity index (χ2n) is 4.85. The number of aryl methyl sites for hydroxylation is 1. The van der Waals surface area contributed by atoms with E-state index in [-0.39, 0.29) is 0 Å². The molecule has 0 saturated carbocycles. The van der Waals surface area contributed by atoms with E-state index in [4.69, 9.17) is 0 Å². The largest absolute Gasteiger partial charge is 0.371 e. The van der Waals surface area contributed by atoms with Crippen molar-refractivity contribution in [1.82, 2.24) is 4.90 Å². The fourth-order valence-corrected chi connectivity index (χ4v) is 2.24. The highest BCUT2D eigenvalue weighted by molar-refractivity contribution is 5.64. The number of hydrogen-bond donors (Lipinski definition) is 0. The quantitative estimate of drug-likeness (QED) is 0.662. The van der Waals surface area contributed by atoms with Crippen molar-refractivity contribution >= 4 is 5.70 Å². The summed E-state index contributed by atoms with van der Waals surface area (Å²) in [5.41, 5.74) is 4.08. The fourth-order valence-electron chi connectivity index (χ4n) is 2.24. The van der Waals surface area contributed by atoms with Crippen LogP contribution < -0.4 is 0 Å². The van der Waals surface area contributed by atoms with Crippen LogP contribution in [-0.2, 0) is 0 Å². The average Bonchev–Trinajstić information content (AvgIpc) is 2.37. The Morgan fingerprint density at radius 1 is 1.00 bits per heavy atom. The van der Waals surface area contributed by atoms with Gasteiger partial charge in [0, 0.05) is 18.8 Å². The van der Waals surface area contributed by atoms with Crippen LogP contribution in [0.4, 0.5) is 0 Å². The Kier molecular flexibility index (Phi) is 6.56. The van der Waals surface area contributed by atoms with E-state index in [9.17, 15) is 0 Å². The normalized spacial score (nSPS) is 11.7. The van der Waals surface area contributed by atoms with E-state index in [1.807, 2.05) is 0 Å². The van der Waals surface area contributed by atoms with Crippen LogP contribution in [0.1, 0.15) is 51.2 Å². The summed E-state index contributed by atoms with van der Waals surface area (Å²) in [6, 6.07) is 8.90. The maximum atomic E-state index is 2.52. The summed E-state index contributed by atoms with van der Waals surface area (Å²) in [5.74, 6) is 0. The maximum Gasteiger partial charge on any atom is 0.0399 e. The molecule has 1 aromatic carbocycles. The molecule has 0 aromatic heterocycles. The summed E-state index contributed by atoms with van der Waals surface area (Å²) < 4.78 is 0. The molecule has 0 heterocycles. The highest BCUT2D eigenvalue weighted by atomic mass is 15.1. The standard InChI is InChI=1S/C17H27N/c1-5-8-17(18(13-6-2)14-7-3)16-11-9-15(4)10-12-16/h8-12H,5-7,13-14H2,1-4H3/b17-8+. The van der Waals surface area contributed by atoms with E-state index in [0.29, 0.717) is 0 Å². The lowest BCUT2D eigenvalue weighted by Gasteiger charge is -2.27. The second kappa shape index (κ2) is 7.97. The Bertz CT molecular complexity index is 356. The first-order chi connectivity index (χ1) is 8.72. The molecule has 0 N–H and O–H groups in total. The molecule has 0 bridgehead atoms. The maximum absolute atomic E-state index is 2.52. The van der Waals surface area contributed by atoms with Crippen molar-refractivity contribution in [3.8, 4) is 0 Å². The van der Waals surface area contributed by atoms with Crippen LogP contribution >= 0.6 is 0 Å².